The van der Waals surface area contributed by atoms with Crippen LogP contribution in [0, 0.1) is 16.0 Å². The van der Waals surface area contributed by atoms with Crippen molar-refractivity contribution < 1.29 is 4.92 Å². The van der Waals surface area contributed by atoms with E-state index in [1.165, 1.54) is 6.33 Å². The van der Waals surface area contributed by atoms with Crippen LogP contribution in [0.25, 0.3) is 10.9 Å². The molecule has 1 N–H and O–H groups in total. The zero-order chi connectivity index (χ0) is 18.8. The molecule has 138 valence electrons. The summed E-state index contributed by atoms with van der Waals surface area (Å²) in [6.45, 7) is 3.72. The number of nitrogens with one attached hydrogen (secondary N) is 1. The van der Waals surface area contributed by atoms with Crippen LogP contribution >= 0.6 is 0 Å². The molecule has 4 rings (SSSR count). The highest BCUT2D eigenvalue weighted by Gasteiger charge is 2.29. The summed E-state index contributed by atoms with van der Waals surface area (Å²) in [4.78, 5) is 26.1. The molecule has 1 aromatic carbocycles. The largest absolute Gasteiger partial charge is 0.353 e. The molecule has 8 heteroatoms. The Morgan fingerprint density at radius 2 is 1.96 bits per heavy atom. The van der Waals surface area contributed by atoms with Crippen LogP contribution in [0.4, 0.5) is 23.0 Å². The molecule has 0 amide bonds. The van der Waals surface area contributed by atoms with Gasteiger partial charge in [0.1, 0.15) is 6.33 Å². The lowest BCUT2D eigenvalue weighted by molar-refractivity contribution is -0.383. The minimum atomic E-state index is -0.404. The minimum absolute atomic E-state index is 0.0899. The van der Waals surface area contributed by atoms with E-state index in [0.29, 0.717) is 11.7 Å². The maximum absolute atomic E-state index is 11.8. The molecule has 0 radical (unpaired) electrons. The Bertz CT molecular complexity index is 980. The van der Waals surface area contributed by atoms with Gasteiger partial charge in [0.15, 0.2) is 0 Å². The standard InChI is InChI=1S/C19H20N6O2/c1-13-7-10-24(11-8-13)19-17(25(26)27)18(21-12-22-19)23-16-6-2-5-15-14(16)4-3-9-20-15/h2-6,9,12-13H,7-8,10-11H2,1H3,(H,21,22,23). The summed E-state index contributed by atoms with van der Waals surface area (Å²) >= 11 is 0. The Morgan fingerprint density at radius 3 is 2.74 bits per heavy atom. The van der Waals surface area contributed by atoms with E-state index in [0.717, 1.165) is 42.5 Å². The van der Waals surface area contributed by atoms with Crippen molar-refractivity contribution in [2.45, 2.75) is 19.8 Å². The first kappa shape index (κ1) is 17.1. The summed E-state index contributed by atoms with van der Waals surface area (Å²) in [6, 6.07) is 9.37. The van der Waals surface area contributed by atoms with Gasteiger partial charge in [-0.05, 0) is 43.0 Å². The average molecular weight is 364 g/mol. The lowest BCUT2D eigenvalue weighted by Gasteiger charge is -2.30. The normalized spacial score (nSPS) is 15.1. The van der Waals surface area contributed by atoms with Crippen molar-refractivity contribution in [1.82, 2.24) is 15.0 Å². The number of nitro groups is 1. The third-order valence-electron chi connectivity index (χ3n) is 4.97. The molecule has 1 aliphatic rings. The van der Waals surface area contributed by atoms with Gasteiger partial charge in [0, 0.05) is 30.4 Å². The van der Waals surface area contributed by atoms with E-state index in [-0.39, 0.29) is 11.5 Å². The molecule has 0 bridgehead atoms. The number of hydrogen-bond acceptors (Lipinski definition) is 7. The monoisotopic (exact) mass is 364 g/mol. The average Bonchev–Trinajstić information content (AvgIpc) is 2.68. The Hall–Kier alpha value is -3.29. The van der Waals surface area contributed by atoms with Crippen molar-refractivity contribution in [2.75, 3.05) is 23.3 Å². The molecule has 3 heterocycles. The van der Waals surface area contributed by atoms with Crippen molar-refractivity contribution in [1.29, 1.82) is 0 Å². The van der Waals surface area contributed by atoms with Crippen molar-refractivity contribution >= 4 is 33.9 Å². The Kier molecular flexibility index (Phi) is 4.53. The van der Waals surface area contributed by atoms with Crippen LogP contribution in [0.5, 0.6) is 0 Å². The SMILES string of the molecule is CC1CCN(c2ncnc(Nc3cccc4ncccc34)c2[N+](=O)[O-])CC1. The van der Waals surface area contributed by atoms with E-state index in [2.05, 4.69) is 27.2 Å². The number of rotatable bonds is 4. The lowest BCUT2D eigenvalue weighted by Crippen LogP contribution is -2.34. The Balaban J connectivity index is 1.74. The molecule has 0 aliphatic carbocycles. The maximum Gasteiger partial charge on any atom is 0.353 e. The van der Waals surface area contributed by atoms with Crippen LogP contribution in [0.1, 0.15) is 19.8 Å². The van der Waals surface area contributed by atoms with E-state index in [9.17, 15) is 10.1 Å². The number of fused-ring (bicyclic) bond motifs is 1. The van der Waals surface area contributed by atoms with Gasteiger partial charge in [0.25, 0.3) is 0 Å². The van der Waals surface area contributed by atoms with Crippen LogP contribution < -0.4 is 10.2 Å². The summed E-state index contributed by atoms with van der Waals surface area (Å²) in [5, 5.41) is 15.9. The predicted molar refractivity (Wildman–Crippen MR) is 104 cm³/mol. The number of benzene rings is 1. The van der Waals surface area contributed by atoms with Crippen LogP contribution in [0.3, 0.4) is 0 Å². The van der Waals surface area contributed by atoms with Gasteiger partial charge in [-0.3, -0.25) is 15.1 Å². The third kappa shape index (κ3) is 3.38. The second-order valence-electron chi connectivity index (χ2n) is 6.82. The highest BCUT2D eigenvalue weighted by Crippen LogP contribution is 2.36. The second-order valence-corrected chi connectivity index (χ2v) is 6.82. The van der Waals surface area contributed by atoms with Crippen molar-refractivity contribution in [3.05, 3.63) is 53.0 Å². The highest BCUT2D eigenvalue weighted by atomic mass is 16.6. The summed E-state index contributed by atoms with van der Waals surface area (Å²) < 4.78 is 0. The van der Waals surface area contributed by atoms with Gasteiger partial charge in [0.2, 0.25) is 11.6 Å². The molecule has 3 aromatic rings. The van der Waals surface area contributed by atoms with Gasteiger partial charge < -0.3 is 10.2 Å². The molecular weight excluding hydrogens is 344 g/mol. The van der Waals surface area contributed by atoms with Gasteiger partial charge in [-0.25, -0.2) is 9.97 Å². The van der Waals surface area contributed by atoms with E-state index in [1.54, 1.807) is 6.20 Å². The quantitative estimate of drug-likeness (QED) is 0.553. The molecule has 0 spiro atoms. The molecule has 0 saturated carbocycles. The molecule has 27 heavy (non-hydrogen) atoms. The van der Waals surface area contributed by atoms with E-state index >= 15 is 0 Å². The van der Waals surface area contributed by atoms with Gasteiger partial charge in [-0.2, -0.15) is 0 Å². The lowest BCUT2D eigenvalue weighted by atomic mass is 9.99. The molecule has 1 saturated heterocycles. The number of nitrogens with zero attached hydrogens (tertiary/aromatic N) is 5. The van der Waals surface area contributed by atoms with Crippen LogP contribution in [-0.2, 0) is 0 Å². The summed E-state index contributed by atoms with van der Waals surface area (Å²) in [6.07, 6.45) is 5.10. The zero-order valence-electron chi connectivity index (χ0n) is 15.0. The first-order chi connectivity index (χ1) is 13.1. The fourth-order valence-electron chi connectivity index (χ4n) is 3.42. The molecule has 2 aromatic heterocycles. The number of pyridine rings is 1. The number of aromatic nitrogens is 3. The molecule has 1 fully saturated rings. The fourth-order valence-corrected chi connectivity index (χ4v) is 3.42. The van der Waals surface area contributed by atoms with Crippen LogP contribution in [0.15, 0.2) is 42.9 Å². The van der Waals surface area contributed by atoms with Crippen molar-refractivity contribution in [2.24, 2.45) is 5.92 Å². The number of anilines is 3. The van der Waals surface area contributed by atoms with E-state index in [1.807, 2.05) is 35.2 Å². The van der Waals surface area contributed by atoms with Crippen molar-refractivity contribution in [3.63, 3.8) is 0 Å². The number of piperidine rings is 1. The first-order valence-corrected chi connectivity index (χ1v) is 8.98. The Labute approximate surface area is 156 Å². The van der Waals surface area contributed by atoms with Crippen LogP contribution in [0.2, 0.25) is 0 Å². The minimum Gasteiger partial charge on any atom is -0.351 e. The topological polar surface area (TPSA) is 97.1 Å². The van der Waals surface area contributed by atoms with Crippen LogP contribution in [-0.4, -0.2) is 33.0 Å². The maximum atomic E-state index is 11.8. The van der Waals surface area contributed by atoms with Gasteiger partial charge in [0.05, 0.1) is 10.4 Å². The first-order valence-electron chi connectivity index (χ1n) is 8.98. The highest BCUT2D eigenvalue weighted by molar-refractivity contribution is 5.93. The fraction of sp³-hybridized carbons (Fsp3) is 0.316. The Morgan fingerprint density at radius 1 is 1.15 bits per heavy atom. The molecule has 8 nitrogen and oxygen atoms in total. The molecule has 0 atom stereocenters. The zero-order valence-corrected chi connectivity index (χ0v) is 15.0. The van der Waals surface area contributed by atoms with Crippen molar-refractivity contribution in [3.8, 4) is 0 Å². The van der Waals surface area contributed by atoms with Gasteiger partial charge in [-0.15, -0.1) is 0 Å². The second kappa shape index (κ2) is 7.14. The van der Waals surface area contributed by atoms with E-state index in [4.69, 9.17) is 0 Å². The van der Waals surface area contributed by atoms with Gasteiger partial charge in [-0.1, -0.05) is 13.0 Å². The molecule has 0 unspecified atom stereocenters. The smallest absolute Gasteiger partial charge is 0.351 e. The molecular formula is C19H20N6O2. The summed E-state index contributed by atoms with van der Waals surface area (Å²) in [5.41, 5.74) is 1.44. The summed E-state index contributed by atoms with van der Waals surface area (Å²) in [5.74, 6) is 1.20. The van der Waals surface area contributed by atoms with Gasteiger partial charge >= 0.3 is 5.69 Å². The predicted octanol–water partition coefficient (Wildman–Crippen LogP) is 3.91. The van der Waals surface area contributed by atoms with E-state index < -0.39 is 4.92 Å². The number of hydrogen-bond donors (Lipinski definition) is 1. The summed E-state index contributed by atoms with van der Waals surface area (Å²) in [7, 11) is 0. The third-order valence-corrected chi connectivity index (χ3v) is 4.97. The molecule has 1 aliphatic heterocycles.